The Bertz CT molecular complexity index is 1170. The Morgan fingerprint density at radius 3 is 2.52 bits per heavy atom. The first-order valence-electron chi connectivity index (χ1n) is 9.70. The highest BCUT2D eigenvalue weighted by Crippen LogP contribution is 2.26. The molecule has 0 unspecified atom stereocenters. The van der Waals surface area contributed by atoms with Gasteiger partial charge in [0.25, 0.3) is 5.91 Å². The number of primary amides is 1. The number of carbonyl (C=O) groups is 1. The summed E-state index contributed by atoms with van der Waals surface area (Å²) in [5.74, 6) is 0.170. The van der Waals surface area contributed by atoms with Crippen LogP contribution in [0, 0.1) is 0 Å². The fourth-order valence-corrected chi connectivity index (χ4v) is 3.15. The summed E-state index contributed by atoms with van der Waals surface area (Å²) in [5.41, 5.74) is 15.5. The highest BCUT2D eigenvalue weighted by atomic mass is 16.5. The number of pyridine rings is 1. The topological polar surface area (TPSA) is 121 Å². The predicted molar refractivity (Wildman–Crippen MR) is 119 cm³/mol. The standard InChI is InChI=1S/C23H22N6O2/c24-15-27-21-13-29(28-22(21)23(25)30)19-6-4-17(5-7-19)18-2-1-3-20(12-18)31-14-16-8-10-26-11-9-16/h1-13,27H,14-15,24H2,(H2,25,30). The van der Waals surface area contributed by atoms with Crippen LogP contribution in [-0.4, -0.2) is 27.3 Å². The molecule has 2 aromatic heterocycles. The molecule has 0 radical (unpaired) electrons. The van der Waals surface area contributed by atoms with Crippen molar-refractivity contribution in [3.8, 4) is 22.6 Å². The van der Waals surface area contributed by atoms with E-state index in [1.807, 2.05) is 60.7 Å². The molecule has 1 amide bonds. The summed E-state index contributed by atoms with van der Waals surface area (Å²) in [6.07, 6.45) is 5.19. The summed E-state index contributed by atoms with van der Waals surface area (Å²) in [4.78, 5) is 15.6. The number of ether oxygens (including phenoxy) is 1. The van der Waals surface area contributed by atoms with Gasteiger partial charge in [-0.05, 0) is 53.1 Å². The summed E-state index contributed by atoms with van der Waals surface area (Å²) in [6, 6.07) is 19.6. The average Bonchev–Trinajstić information content (AvgIpc) is 3.23. The first-order valence-corrected chi connectivity index (χ1v) is 9.70. The summed E-state index contributed by atoms with van der Waals surface area (Å²) >= 11 is 0. The molecular formula is C23H22N6O2. The van der Waals surface area contributed by atoms with Crippen LogP contribution in [0.2, 0.25) is 0 Å². The Labute approximate surface area is 179 Å². The van der Waals surface area contributed by atoms with Crippen LogP contribution in [0.4, 0.5) is 5.69 Å². The van der Waals surface area contributed by atoms with E-state index in [4.69, 9.17) is 16.2 Å². The third-order valence-corrected chi connectivity index (χ3v) is 4.69. The van der Waals surface area contributed by atoms with Crippen LogP contribution in [0.1, 0.15) is 16.1 Å². The molecule has 8 nitrogen and oxygen atoms in total. The monoisotopic (exact) mass is 414 g/mol. The van der Waals surface area contributed by atoms with Gasteiger partial charge in [-0.1, -0.05) is 24.3 Å². The Morgan fingerprint density at radius 2 is 1.81 bits per heavy atom. The zero-order valence-corrected chi connectivity index (χ0v) is 16.7. The van der Waals surface area contributed by atoms with Gasteiger partial charge in [0.15, 0.2) is 5.69 Å². The number of nitrogens with two attached hydrogens (primary N) is 2. The summed E-state index contributed by atoms with van der Waals surface area (Å²) in [6.45, 7) is 0.649. The van der Waals surface area contributed by atoms with E-state index in [0.29, 0.717) is 12.3 Å². The molecule has 2 aromatic carbocycles. The highest BCUT2D eigenvalue weighted by molar-refractivity contribution is 5.96. The van der Waals surface area contributed by atoms with Gasteiger partial charge in [0.2, 0.25) is 0 Å². The molecular weight excluding hydrogens is 392 g/mol. The smallest absolute Gasteiger partial charge is 0.271 e. The van der Waals surface area contributed by atoms with Crippen LogP contribution in [0.25, 0.3) is 16.8 Å². The van der Waals surface area contributed by atoms with Crippen LogP contribution >= 0.6 is 0 Å². The Hall–Kier alpha value is -4.17. The maximum atomic E-state index is 11.6. The molecule has 0 saturated heterocycles. The van der Waals surface area contributed by atoms with Gasteiger partial charge in [-0.15, -0.1) is 0 Å². The van der Waals surface area contributed by atoms with Crippen molar-refractivity contribution in [1.82, 2.24) is 14.8 Å². The minimum absolute atomic E-state index is 0.147. The lowest BCUT2D eigenvalue weighted by Gasteiger charge is -2.09. The lowest BCUT2D eigenvalue weighted by atomic mass is 10.1. The molecule has 0 bridgehead atoms. The van der Waals surface area contributed by atoms with E-state index in [1.54, 1.807) is 23.3 Å². The van der Waals surface area contributed by atoms with Crippen molar-refractivity contribution < 1.29 is 9.53 Å². The van der Waals surface area contributed by atoms with E-state index in [0.717, 1.165) is 28.1 Å². The summed E-state index contributed by atoms with van der Waals surface area (Å²) < 4.78 is 7.50. The Balaban J connectivity index is 1.52. The van der Waals surface area contributed by atoms with Gasteiger partial charge >= 0.3 is 0 Å². The number of aromatic nitrogens is 3. The average molecular weight is 414 g/mol. The number of nitrogens with one attached hydrogen (secondary N) is 1. The van der Waals surface area contributed by atoms with Crippen LogP contribution < -0.4 is 21.5 Å². The van der Waals surface area contributed by atoms with Gasteiger partial charge in [0.05, 0.1) is 24.2 Å². The van der Waals surface area contributed by atoms with Crippen LogP contribution in [0.3, 0.4) is 0 Å². The van der Waals surface area contributed by atoms with Gasteiger partial charge < -0.3 is 21.5 Å². The molecule has 8 heteroatoms. The SMILES string of the molecule is NCNc1cn(-c2ccc(-c3cccc(OCc4ccncc4)c3)cc2)nc1C(N)=O. The fourth-order valence-electron chi connectivity index (χ4n) is 3.15. The molecule has 31 heavy (non-hydrogen) atoms. The molecule has 0 spiro atoms. The van der Waals surface area contributed by atoms with Gasteiger partial charge in [0, 0.05) is 12.4 Å². The van der Waals surface area contributed by atoms with Crippen LogP contribution in [0.15, 0.2) is 79.3 Å². The zero-order valence-electron chi connectivity index (χ0n) is 16.7. The van der Waals surface area contributed by atoms with Crippen molar-refractivity contribution >= 4 is 11.6 Å². The normalized spacial score (nSPS) is 10.6. The molecule has 0 aliphatic heterocycles. The number of amides is 1. The van der Waals surface area contributed by atoms with E-state index in [9.17, 15) is 4.79 Å². The molecule has 0 saturated carbocycles. The predicted octanol–water partition coefficient (Wildman–Crippen LogP) is 2.94. The third kappa shape index (κ3) is 4.71. The molecule has 0 aliphatic carbocycles. The minimum Gasteiger partial charge on any atom is -0.489 e. The van der Waals surface area contributed by atoms with Crippen molar-refractivity contribution in [1.29, 1.82) is 0 Å². The Kier molecular flexibility index (Phi) is 5.91. The van der Waals surface area contributed by atoms with Gasteiger partial charge in [-0.25, -0.2) is 4.68 Å². The second-order valence-corrected chi connectivity index (χ2v) is 6.80. The molecule has 4 aromatic rings. The second kappa shape index (κ2) is 9.10. The number of hydrogen-bond acceptors (Lipinski definition) is 6. The van der Waals surface area contributed by atoms with Crippen LogP contribution in [-0.2, 0) is 6.61 Å². The molecule has 0 fully saturated rings. The molecule has 0 atom stereocenters. The molecule has 5 N–H and O–H groups in total. The lowest BCUT2D eigenvalue weighted by molar-refractivity contribution is 0.0996. The van der Waals surface area contributed by atoms with Crippen molar-refractivity contribution in [2.24, 2.45) is 11.5 Å². The molecule has 156 valence electrons. The third-order valence-electron chi connectivity index (χ3n) is 4.69. The van der Waals surface area contributed by atoms with Crippen molar-refractivity contribution in [2.45, 2.75) is 6.61 Å². The number of carbonyl (C=O) groups excluding carboxylic acids is 1. The molecule has 2 heterocycles. The Morgan fingerprint density at radius 1 is 1.03 bits per heavy atom. The maximum absolute atomic E-state index is 11.6. The van der Waals surface area contributed by atoms with Gasteiger partial charge in [0.1, 0.15) is 12.4 Å². The number of hydrogen-bond donors (Lipinski definition) is 3. The van der Waals surface area contributed by atoms with Crippen molar-refractivity contribution in [3.05, 3.63) is 90.5 Å². The minimum atomic E-state index is -0.616. The van der Waals surface area contributed by atoms with Gasteiger partial charge in [-0.2, -0.15) is 5.10 Å². The number of benzene rings is 2. The first kappa shape index (κ1) is 20.1. The maximum Gasteiger partial charge on any atom is 0.271 e. The fraction of sp³-hybridized carbons (Fsp3) is 0.0870. The van der Waals surface area contributed by atoms with E-state index in [1.165, 1.54) is 0 Å². The second-order valence-electron chi connectivity index (χ2n) is 6.80. The zero-order chi connectivity index (χ0) is 21.6. The highest BCUT2D eigenvalue weighted by Gasteiger charge is 2.14. The van der Waals surface area contributed by atoms with E-state index in [-0.39, 0.29) is 12.4 Å². The van der Waals surface area contributed by atoms with Crippen LogP contribution in [0.5, 0.6) is 5.75 Å². The van der Waals surface area contributed by atoms with E-state index >= 15 is 0 Å². The van der Waals surface area contributed by atoms with E-state index in [2.05, 4.69) is 15.4 Å². The lowest BCUT2D eigenvalue weighted by Crippen LogP contribution is -2.17. The summed E-state index contributed by atoms with van der Waals surface area (Å²) in [7, 11) is 0. The van der Waals surface area contributed by atoms with Crippen molar-refractivity contribution in [2.75, 3.05) is 12.0 Å². The quantitative estimate of drug-likeness (QED) is 0.381. The largest absolute Gasteiger partial charge is 0.489 e. The molecule has 0 aliphatic rings. The molecule has 4 rings (SSSR count). The summed E-state index contributed by atoms with van der Waals surface area (Å²) in [5, 5.41) is 7.16. The van der Waals surface area contributed by atoms with Crippen molar-refractivity contribution in [3.63, 3.8) is 0 Å². The number of nitrogens with zero attached hydrogens (tertiary/aromatic N) is 3. The first-order chi connectivity index (χ1) is 15.1. The number of rotatable bonds is 8. The van der Waals surface area contributed by atoms with E-state index < -0.39 is 5.91 Å². The van der Waals surface area contributed by atoms with Gasteiger partial charge in [-0.3, -0.25) is 9.78 Å². The number of anilines is 1.